The first-order valence-corrected chi connectivity index (χ1v) is 7.27. The maximum absolute atomic E-state index is 11.5. The third-order valence-electron chi connectivity index (χ3n) is 2.76. The lowest BCUT2D eigenvalue weighted by Crippen LogP contribution is -2.32. The van der Waals surface area contributed by atoms with E-state index in [1.165, 1.54) is 10.5 Å². The van der Waals surface area contributed by atoms with Crippen molar-refractivity contribution in [2.24, 2.45) is 5.73 Å². The lowest BCUT2D eigenvalue weighted by Gasteiger charge is -2.08. The number of amides is 1. The van der Waals surface area contributed by atoms with Gasteiger partial charge in [0.1, 0.15) is 0 Å². The number of nitrogens with one attached hydrogen (secondary N) is 1. The lowest BCUT2D eigenvalue weighted by atomic mass is 10.2. The average Bonchev–Trinajstić information content (AvgIpc) is 2.41. The van der Waals surface area contributed by atoms with E-state index >= 15 is 0 Å². The second-order valence-corrected chi connectivity index (χ2v) is 5.87. The Balaban J connectivity index is 2.03. The fourth-order valence-electron chi connectivity index (χ4n) is 1.68. The van der Waals surface area contributed by atoms with Crippen molar-refractivity contribution in [3.05, 3.63) is 54.1 Å². The maximum Gasteiger partial charge on any atom is 0.240 e. The minimum Gasteiger partial charge on any atom is -0.325 e. The fourth-order valence-corrected chi connectivity index (χ4v) is 2.61. The molecule has 2 aromatic rings. The third kappa shape index (κ3) is 4.11. The Hall–Kier alpha value is -1.78. The molecular weight excluding hydrogens is 268 g/mol. The number of benzene rings is 2. The van der Waals surface area contributed by atoms with Gasteiger partial charge in [0.2, 0.25) is 5.91 Å². The van der Waals surface area contributed by atoms with Crippen LogP contribution < -0.4 is 11.1 Å². The van der Waals surface area contributed by atoms with E-state index in [-0.39, 0.29) is 5.91 Å². The van der Waals surface area contributed by atoms with E-state index in [2.05, 4.69) is 36.5 Å². The molecule has 0 spiro atoms. The van der Waals surface area contributed by atoms with E-state index < -0.39 is 6.04 Å². The van der Waals surface area contributed by atoms with Crippen molar-refractivity contribution in [3.63, 3.8) is 0 Å². The van der Waals surface area contributed by atoms with Gasteiger partial charge in [-0.2, -0.15) is 0 Å². The van der Waals surface area contributed by atoms with Gasteiger partial charge in [-0.3, -0.25) is 4.79 Å². The quantitative estimate of drug-likeness (QED) is 0.905. The Labute approximate surface area is 123 Å². The number of aryl methyl sites for hydroxylation is 1. The van der Waals surface area contributed by atoms with E-state index in [9.17, 15) is 4.79 Å². The highest BCUT2D eigenvalue weighted by Gasteiger charge is 2.07. The molecule has 104 valence electrons. The zero-order chi connectivity index (χ0) is 14.5. The first-order chi connectivity index (χ1) is 9.54. The Bertz CT molecular complexity index is 594. The fraction of sp³-hybridized carbons (Fsp3) is 0.188. The number of nitrogens with two attached hydrogens (primary N) is 1. The van der Waals surface area contributed by atoms with Gasteiger partial charge in [-0.05, 0) is 50.2 Å². The summed E-state index contributed by atoms with van der Waals surface area (Å²) in [6.45, 7) is 3.74. The van der Waals surface area contributed by atoms with Crippen LogP contribution in [0.4, 0.5) is 5.69 Å². The molecule has 0 aliphatic carbocycles. The van der Waals surface area contributed by atoms with Crippen LogP contribution in [0.1, 0.15) is 12.5 Å². The Morgan fingerprint density at radius 1 is 1.15 bits per heavy atom. The molecule has 1 atom stereocenters. The van der Waals surface area contributed by atoms with E-state index in [0.29, 0.717) is 0 Å². The van der Waals surface area contributed by atoms with Crippen LogP contribution in [0.3, 0.4) is 0 Å². The first-order valence-electron chi connectivity index (χ1n) is 6.45. The smallest absolute Gasteiger partial charge is 0.240 e. The second kappa shape index (κ2) is 6.59. The lowest BCUT2D eigenvalue weighted by molar-refractivity contribution is -0.117. The van der Waals surface area contributed by atoms with E-state index in [1.807, 2.05) is 24.3 Å². The van der Waals surface area contributed by atoms with Crippen LogP contribution in [0.2, 0.25) is 0 Å². The van der Waals surface area contributed by atoms with Gasteiger partial charge in [0.25, 0.3) is 0 Å². The average molecular weight is 286 g/mol. The molecule has 2 rings (SSSR count). The summed E-state index contributed by atoms with van der Waals surface area (Å²) in [7, 11) is 0. The summed E-state index contributed by atoms with van der Waals surface area (Å²) in [5, 5.41) is 2.77. The molecule has 3 N–H and O–H groups in total. The van der Waals surface area contributed by atoms with E-state index in [0.717, 1.165) is 10.6 Å². The molecular formula is C16H18N2OS. The van der Waals surface area contributed by atoms with Crippen LogP contribution in [-0.2, 0) is 4.79 Å². The molecule has 2 aromatic carbocycles. The van der Waals surface area contributed by atoms with Gasteiger partial charge >= 0.3 is 0 Å². The minimum atomic E-state index is -0.503. The van der Waals surface area contributed by atoms with Gasteiger partial charge in [-0.1, -0.05) is 29.5 Å². The summed E-state index contributed by atoms with van der Waals surface area (Å²) in [4.78, 5) is 13.8. The van der Waals surface area contributed by atoms with Crippen LogP contribution in [0, 0.1) is 6.92 Å². The van der Waals surface area contributed by atoms with Crippen LogP contribution in [0.5, 0.6) is 0 Å². The molecule has 0 radical (unpaired) electrons. The van der Waals surface area contributed by atoms with Gasteiger partial charge < -0.3 is 11.1 Å². The number of carbonyl (C=O) groups excluding carboxylic acids is 1. The molecule has 4 heteroatoms. The van der Waals surface area contributed by atoms with Crippen LogP contribution in [0.25, 0.3) is 0 Å². The number of anilines is 1. The zero-order valence-electron chi connectivity index (χ0n) is 11.6. The molecule has 0 bridgehead atoms. The minimum absolute atomic E-state index is 0.177. The second-order valence-electron chi connectivity index (χ2n) is 4.72. The first kappa shape index (κ1) is 14.6. The van der Waals surface area contributed by atoms with Gasteiger partial charge in [-0.15, -0.1) is 0 Å². The third-order valence-corrected chi connectivity index (χ3v) is 3.76. The van der Waals surface area contributed by atoms with Crippen molar-refractivity contribution in [2.45, 2.75) is 29.7 Å². The largest absolute Gasteiger partial charge is 0.325 e. The number of rotatable bonds is 4. The topological polar surface area (TPSA) is 55.1 Å². The monoisotopic (exact) mass is 286 g/mol. The molecule has 0 heterocycles. The van der Waals surface area contributed by atoms with Crippen molar-refractivity contribution < 1.29 is 4.79 Å². The Kier molecular flexibility index (Phi) is 4.82. The van der Waals surface area contributed by atoms with Gasteiger partial charge in [0.15, 0.2) is 0 Å². The summed E-state index contributed by atoms with van der Waals surface area (Å²) in [6.07, 6.45) is 0. The molecule has 1 amide bonds. The summed E-state index contributed by atoms with van der Waals surface area (Å²) >= 11 is 1.70. The van der Waals surface area contributed by atoms with Crippen LogP contribution in [0.15, 0.2) is 58.3 Å². The molecule has 0 aliphatic rings. The molecule has 0 aromatic heterocycles. The van der Waals surface area contributed by atoms with Crippen LogP contribution >= 0.6 is 11.8 Å². The molecule has 0 fully saturated rings. The number of hydrogen-bond acceptors (Lipinski definition) is 3. The zero-order valence-corrected chi connectivity index (χ0v) is 12.4. The number of hydrogen-bond donors (Lipinski definition) is 2. The summed E-state index contributed by atoms with van der Waals surface area (Å²) < 4.78 is 0. The van der Waals surface area contributed by atoms with Crippen molar-refractivity contribution in [3.8, 4) is 0 Å². The molecule has 20 heavy (non-hydrogen) atoms. The summed E-state index contributed by atoms with van der Waals surface area (Å²) in [5.41, 5.74) is 7.52. The molecule has 3 nitrogen and oxygen atoms in total. The van der Waals surface area contributed by atoms with Gasteiger partial charge in [0.05, 0.1) is 6.04 Å². The SMILES string of the molecule is Cc1cccc(Sc2ccc(NC(=O)C(C)N)cc2)c1. The van der Waals surface area contributed by atoms with Crippen molar-refractivity contribution in [1.82, 2.24) is 0 Å². The summed E-state index contributed by atoms with van der Waals surface area (Å²) in [5.74, 6) is -0.177. The van der Waals surface area contributed by atoms with Crippen molar-refractivity contribution in [2.75, 3.05) is 5.32 Å². The van der Waals surface area contributed by atoms with Crippen molar-refractivity contribution >= 4 is 23.4 Å². The van der Waals surface area contributed by atoms with Gasteiger partial charge in [-0.25, -0.2) is 0 Å². The molecule has 0 aliphatic heterocycles. The van der Waals surface area contributed by atoms with Crippen LogP contribution in [-0.4, -0.2) is 11.9 Å². The maximum atomic E-state index is 11.5. The Morgan fingerprint density at radius 3 is 2.45 bits per heavy atom. The molecule has 0 saturated heterocycles. The standard InChI is InChI=1S/C16H18N2OS/c1-11-4-3-5-15(10-11)20-14-8-6-13(7-9-14)18-16(19)12(2)17/h3-10,12H,17H2,1-2H3,(H,18,19). The highest BCUT2D eigenvalue weighted by Crippen LogP contribution is 2.28. The van der Waals surface area contributed by atoms with E-state index in [1.54, 1.807) is 18.7 Å². The Morgan fingerprint density at radius 2 is 1.85 bits per heavy atom. The normalized spacial score (nSPS) is 11.9. The predicted octanol–water partition coefficient (Wildman–Crippen LogP) is 3.43. The highest BCUT2D eigenvalue weighted by atomic mass is 32.2. The number of carbonyl (C=O) groups is 1. The van der Waals surface area contributed by atoms with Crippen molar-refractivity contribution in [1.29, 1.82) is 0 Å². The highest BCUT2D eigenvalue weighted by molar-refractivity contribution is 7.99. The van der Waals surface area contributed by atoms with Gasteiger partial charge in [0, 0.05) is 15.5 Å². The van der Waals surface area contributed by atoms with E-state index in [4.69, 9.17) is 5.73 Å². The summed E-state index contributed by atoms with van der Waals surface area (Å²) in [6, 6.07) is 15.6. The molecule has 0 saturated carbocycles. The molecule has 1 unspecified atom stereocenters. The predicted molar refractivity (Wildman–Crippen MR) is 84.0 cm³/mol.